The summed E-state index contributed by atoms with van der Waals surface area (Å²) in [4.78, 5) is 8.37. The molecular formula is C18H23IN4O2. The van der Waals surface area contributed by atoms with Gasteiger partial charge in [0.1, 0.15) is 0 Å². The number of ether oxygens (including phenoxy) is 2. The highest BCUT2D eigenvalue weighted by molar-refractivity contribution is 14.0. The molecule has 6 nitrogen and oxygen atoms in total. The molecule has 0 radical (unpaired) electrons. The van der Waals surface area contributed by atoms with E-state index in [2.05, 4.69) is 33.6 Å². The van der Waals surface area contributed by atoms with E-state index in [-0.39, 0.29) is 24.0 Å². The van der Waals surface area contributed by atoms with E-state index < -0.39 is 0 Å². The Kier molecular flexibility index (Phi) is 7.30. The first-order chi connectivity index (χ1) is 11.8. The predicted octanol–water partition coefficient (Wildman–Crippen LogP) is 2.64. The highest BCUT2D eigenvalue weighted by atomic mass is 127. The minimum absolute atomic E-state index is 0. The molecule has 0 unspecified atom stereocenters. The van der Waals surface area contributed by atoms with Crippen molar-refractivity contribution < 1.29 is 9.47 Å². The van der Waals surface area contributed by atoms with Gasteiger partial charge in [0.2, 0.25) is 6.79 Å². The van der Waals surface area contributed by atoms with Gasteiger partial charge in [-0.2, -0.15) is 0 Å². The summed E-state index contributed by atoms with van der Waals surface area (Å²) >= 11 is 0. The van der Waals surface area contributed by atoms with Gasteiger partial charge in [-0.1, -0.05) is 6.07 Å². The number of halogens is 1. The molecule has 3 rings (SSSR count). The molecule has 1 aromatic carbocycles. The number of aryl methyl sites for hydroxylation is 1. The van der Waals surface area contributed by atoms with E-state index in [1.165, 1.54) is 11.1 Å². The van der Waals surface area contributed by atoms with Crippen LogP contribution in [0.4, 0.5) is 0 Å². The molecule has 0 saturated carbocycles. The molecular weight excluding hydrogens is 431 g/mol. The zero-order valence-corrected chi connectivity index (χ0v) is 16.7. The van der Waals surface area contributed by atoms with E-state index in [0.717, 1.165) is 36.0 Å². The Balaban J connectivity index is 0.00000225. The van der Waals surface area contributed by atoms with Crippen molar-refractivity contribution in [3.05, 3.63) is 53.3 Å². The van der Waals surface area contributed by atoms with Crippen molar-refractivity contribution in [3.8, 4) is 11.5 Å². The number of aromatic nitrogens is 1. The lowest BCUT2D eigenvalue weighted by atomic mass is 10.1. The predicted molar refractivity (Wildman–Crippen MR) is 109 cm³/mol. The van der Waals surface area contributed by atoms with Crippen LogP contribution in [0.1, 0.15) is 16.7 Å². The number of guanidine groups is 1. The van der Waals surface area contributed by atoms with Crippen molar-refractivity contribution in [2.75, 3.05) is 20.4 Å². The van der Waals surface area contributed by atoms with Crippen LogP contribution in [0, 0.1) is 6.92 Å². The SMILES string of the molecule is CN=C(NCCc1ccncc1C)NCc1ccc2c(c1)OCO2.I. The first-order valence-corrected chi connectivity index (χ1v) is 7.99. The number of hydrogen-bond donors (Lipinski definition) is 2. The van der Waals surface area contributed by atoms with Crippen LogP contribution in [0.2, 0.25) is 0 Å². The standard InChI is InChI=1S/C18H22N4O2.HI/c1-13-10-20-7-5-15(13)6-8-21-18(19-2)22-11-14-3-4-16-17(9-14)24-12-23-16;/h3-5,7,9-10H,6,8,11-12H2,1-2H3,(H2,19,21,22);1H. The maximum Gasteiger partial charge on any atom is 0.231 e. The van der Waals surface area contributed by atoms with Crippen LogP contribution in [-0.4, -0.2) is 31.3 Å². The quantitative estimate of drug-likeness (QED) is 0.413. The molecule has 25 heavy (non-hydrogen) atoms. The van der Waals surface area contributed by atoms with Gasteiger partial charge in [-0.15, -0.1) is 24.0 Å². The van der Waals surface area contributed by atoms with Crippen molar-refractivity contribution in [3.63, 3.8) is 0 Å². The van der Waals surface area contributed by atoms with Gasteiger partial charge in [0.15, 0.2) is 17.5 Å². The Morgan fingerprint density at radius 3 is 2.84 bits per heavy atom. The van der Waals surface area contributed by atoms with Crippen molar-refractivity contribution in [1.29, 1.82) is 0 Å². The summed E-state index contributed by atoms with van der Waals surface area (Å²) in [6.45, 7) is 3.86. The van der Waals surface area contributed by atoms with E-state index in [0.29, 0.717) is 13.3 Å². The van der Waals surface area contributed by atoms with Gasteiger partial charge in [-0.05, 0) is 48.2 Å². The highest BCUT2D eigenvalue weighted by Gasteiger charge is 2.13. The van der Waals surface area contributed by atoms with E-state index in [9.17, 15) is 0 Å². The van der Waals surface area contributed by atoms with Crippen molar-refractivity contribution in [2.45, 2.75) is 19.9 Å². The van der Waals surface area contributed by atoms with Crippen molar-refractivity contribution >= 4 is 29.9 Å². The van der Waals surface area contributed by atoms with Gasteiger partial charge >= 0.3 is 0 Å². The van der Waals surface area contributed by atoms with E-state index in [1.54, 1.807) is 7.05 Å². The number of nitrogens with one attached hydrogen (secondary N) is 2. The van der Waals surface area contributed by atoms with Gasteiger partial charge in [0.05, 0.1) is 0 Å². The summed E-state index contributed by atoms with van der Waals surface area (Å²) in [5.41, 5.74) is 3.62. The molecule has 7 heteroatoms. The molecule has 0 aliphatic carbocycles. The molecule has 0 fully saturated rings. The minimum atomic E-state index is 0. The Bertz CT molecular complexity index is 737. The molecule has 0 bridgehead atoms. The smallest absolute Gasteiger partial charge is 0.231 e. The lowest BCUT2D eigenvalue weighted by Crippen LogP contribution is -2.37. The van der Waals surface area contributed by atoms with Gasteiger partial charge in [-0.3, -0.25) is 9.98 Å². The van der Waals surface area contributed by atoms with E-state index >= 15 is 0 Å². The van der Waals surface area contributed by atoms with Crippen molar-refractivity contribution in [2.24, 2.45) is 4.99 Å². The molecule has 0 amide bonds. The first kappa shape index (κ1) is 19.3. The molecule has 134 valence electrons. The first-order valence-electron chi connectivity index (χ1n) is 7.99. The lowest BCUT2D eigenvalue weighted by Gasteiger charge is -2.13. The maximum absolute atomic E-state index is 5.40. The van der Waals surface area contributed by atoms with Crippen LogP contribution < -0.4 is 20.1 Å². The van der Waals surface area contributed by atoms with Crippen LogP contribution in [0.5, 0.6) is 11.5 Å². The summed E-state index contributed by atoms with van der Waals surface area (Å²) in [6, 6.07) is 8.00. The van der Waals surface area contributed by atoms with Gasteiger partial charge in [0, 0.05) is 32.5 Å². The van der Waals surface area contributed by atoms with Crippen LogP contribution >= 0.6 is 24.0 Å². The Morgan fingerprint density at radius 1 is 1.20 bits per heavy atom. The number of nitrogens with zero attached hydrogens (tertiary/aromatic N) is 2. The fourth-order valence-electron chi connectivity index (χ4n) is 2.56. The van der Waals surface area contributed by atoms with Gasteiger partial charge < -0.3 is 20.1 Å². The summed E-state index contributed by atoms with van der Waals surface area (Å²) < 4.78 is 10.7. The molecule has 1 aliphatic rings. The van der Waals surface area contributed by atoms with E-state index in [4.69, 9.17) is 9.47 Å². The van der Waals surface area contributed by atoms with Crippen LogP contribution in [-0.2, 0) is 13.0 Å². The average Bonchev–Trinajstić information content (AvgIpc) is 3.07. The second-order valence-electron chi connectivity index (χ2n) is 5.59. The molecule has 2 N–H and O–H groups in total. The number of pyridine rings is 1. The zero-order valence-electron chi connectivity index (χ0n) is 14.4. The summed E-state index contributed by atoms with van der Waals surface area (Å²) in [6.07, 6.45) is 4.65. The molecule has 0 spiro atoms. The summed E-state index contributed by atoms with van der Waals surface area (Å²) in [5, 5.41) is 6.64. The molecule has 2 heterocycles. The summed E-state index contributed by atoms with van der Waals surface area (Å²) in [7, 11) is 1.77. The van der Waals surface area contributed by atoms with Gasteiger partial charge in [0.25, 0.3) is 0 Å². The van der Waals surface area contributed by atoms with Crippen molar-refractivity contribution in [1.82, 2.24) is 15.6 Å². The van der Waals surface area contributed by atoms with Crippen LogP contribution in [0.25, 0.3) is 0 Å². The zero-order chi connectivity index (χ0) is 16.8. The largest absolute Gasteiger partial charge is 0.454 e. The number of benzene rings is 1. The third-order valence-electron chi connectivity index (χ3n) is 3.94. The Hall–Kier alpha value is -2.03. The molecule has 0 saturated heterocycles. The molecule has 1 aliphatic heterocycles. The third kappa shape index (κ3) is 5.22. The normalized spacial score (nSPS) is 12.5. The number of fused-ring (bicyclic) bond motifs is 1. The molecule has 1 aromatic heterocycles. The van der Waals surface area contributed by atoms with E-state index in [1.807, 2.05) is 30.6 Å². The average molecular weight is 454 g/mol. The fourth-order valence-corrected chi connectivity index (χ4v) is 2.56. The fraction of sp³-hybridized carbons (Fsp3) is 0.333. The summed E-state index contributed by atoms with van der Waals surface area (Å²) in [5.74, 6) is 2.37. The topological polar surface area (TPSA) is 67.8 Å². The monoisotopic (exact) mass is 454 g/mol. The molecule has 2 aromatic rings. The second-order valence-corrected chi connectivity index (χ2v) is 5.59. The van der Waals surface area contributed by atoms with Crippen LogP contribution in [0.3, 0.4) is 0 Å². The van der Waals surface area contributed by atoms with Crippen LogP contribution in [0.15, 0.2) is 41.7 Å². The third-order valence-corrected chi connectivity index (χ3v) is 3.94. The maximum atomic E-state index is 5.40. The Labute approximate surface area is 165 Å². The highest BCUT2D eigenvalue weighted by Crippen LogP contribution is 2.32. The molecule has 0 atom stereocenters. The lowest BCUT2D eigenvalue weighted by molar-refractivity contribution is 0.174. The number of hydrogen-bond acceptors (Lipinski definition) is 4. The second kappa shape index (κ2) is 9.45. The minimum Gasteiger partial charge on any atom is -0.454 e. The number of aliphatic imine (C=N–C) groups is 1. The number of rotatable bonds is 5. The Morgan fingerprint density at radius 2 is 2.04 bits per heavy atom. The van der Waals surface area contributed by atoms with Gasteiger partial charge in [-0.25, -0.2) is 0 Å².